The molecule has 1 heteroatoms. The van der Waals surface area contributed by atoms with Gasteiger partial charge >= 0.3 is 0 Å². The summed E-state index contributed by atoms with van der Waals surface area (Å²) in [4.78, 5) is 0. The minimum Gasteiger partial charge on any atom is -0.289 e. The van der Waals surface area contributed by atoms with Gasteiger partial charge < -0.3 is 0 Å². The van der Waals surface area contributed by atoms with E-state index in [9.17, 15) is 5.11 Å². The molecule has 2 rings (SSSR count). The molecule has 1 radical (unpaired) electrons. The van der Waals surface area contributed by atoms with Crippen molar-refractivity contribution in [3.8, 4) is 5.75 Å². The minimum absolute atomic E-state index is 0.150. The Kier molecular flexibility index (Phi) is 4.84. The zero-order valence-electron chi connectivity index (χ0n) is 12.0. The average molecular weight is 255 g/mol. The van der Waals surface area contributed by atoms with Crippen molar-refractivity contribution in [3.63, 3.8) is 0 Å². The van der Waals surface area contributed by atoms with E-state index in [4.69, 9.17) is 0 Å². The molecule has 19 heavy (non-hydrogen) atoms. The molecule has 2 aromatic carbocycles. The monoisotopic (exact) mass is 255 g/mol. The molecule has 0 fully saturated rings. The molecule has 0 N–H and O–H groups in total. The molecule has 0 saturated heterocycles. The van der Waals surface area contributed by atoms with Crippen LogP contribution in [0.15, 0.2) is 30.3 Å². The van der Waals surface area contributed by atoms with Crippen LogP contribution in [0.5, 0.6) is 5.75 Å². The highest BCUT2D eigenvalue weighted by Crippen LogP contribution is 2.31. The number of benzene rings is 2. The van der Waals surface area contributed by atoms with E-state index in [-0.39, 0.29) is 5.75 Å². The van der Waals surface area contributed by atoms with Crippen LogP contribution in [-0.2, 0) is 17.9 Å². The molecule has 0 unspecified atom stereocenters. The molecule has 0 aliphatic carbocycles. The fourth-order valence-electron chi connectivity index (χ4n) is 2.69. The van der Waals surface area contributed by atoms with Crippen LogP contribution in [0.4, 0.5) is 0 Å². The molecule has 0 heterocycles. The molecular weight excluding hydrogens is 232 g/mol. The van der Waals surface area contributed by atoms with Crippen LogP contribution in [0.3, 0.4) is 0 Å². The van der Waals surface area contributed by atoms with Gasteiger partial charge in [-0.15, -0.1) is 0 Å². The van der Waals surface area contributed by atoms with Crippen LogP contribution in [-0.4, -0.2) is 0 Å². The lowest BCUT2D eigenvalue weighted by molar-refractivity contribution is 0.360. The third-order valence-electron chi connectivity index (χ3n) is 3.81. The second-order valence-electron chi connectivity index (χ2n) is 5.26. The molecule has 0 spiro atoms. The van der Waals surface area contributed by atoms with Gasteiger partial charge in [0.1, 0.15) is 0 Å². The van der Waals surface area contributed by atoms with Crippen molar-refractivity contribution in [1.82, 2.24) is 0 Å². The second kappa shape index (κ2) is 6.60. The normalized spacial score (nSPS) is 11.1. The molecule has 1 nitrogen and oxygen atoms in total. The first-order chi connectivity index (χ1) is 9.27. The molecule has 2 aromatic rings. The Labute approximate surface area is 116 Å². The third-order valence-corrected chi connectivity index (χ3v) is 3.81. The van der Waals surface area contributed by atoms with Crippen molar-refractivity contribution < 1.29 is 5.11 Å². The summed E-state index contributed by atoms with van der Waals surface area (Å²) in [6, 6.07) is 9.85. The van der Waals surface area contributed by atoms with Gasteiger partial charge in [0.2, 0.25) is 0 Å². The van der Waals surface area contributed by atoms with Crippen molar-refractivity contribution in [2.24, 2.45) is 0 Å². The lowest BCUT2D eigenvalue weighted by atomic mass is 9.92. The summed E-state index contributed by atoms with van der Waals surface area (Å²) < 4.78 is 0. The Morgan fingerprint density at radius 3 is 2.32 bits per heavy atom. The molecule has 0 atom stereocenters. The van der Waals surface area contributed by atoms with E-state index in [1.165, 1.54) is 42.2 Å². The van der Waals surface area contributed by atoms with E-state index in [0.717, 1.165) is 18.2 Å². The number of rotatable bonds is 6. The summed E-state index contributed by atoms with van der Waals surface area (Å²) in [6.45, 7) is 4.44. The average Bonchev–Trinajstić information content (AvgIpc) is 2.43. The zero-order valence-corrected chi connectivity index (χ0v) is 12.0. The van der Waals surface area contributed by atoms with Gasteiger partial charge in [-0.2, -0.15) is 0 Å². The lowest BCUT2D eigenvalue weighted by Crippen LogP contribution is -1.96. The number of aryl methyl sites for hydroxylation is 2. The van der Waals surface area contributed by atoms with Crippen molar-refractivity contribution in [2.45, 2.75) is 52.4 Å². The quantitative estimate of drug-likeness (QED) is 0.634. The molecule has 101 valence electrons. The fourth-order valence-corrected chi connectivity index (χ4v) is 2.69. The Bertz CT molecular complexity index is 543. The van der Waals surface area contributed by atoms with Crippen molar-refractivity contribution in [2.75, 3.05) is 0 Å². The van der Waals surface area contributed by atoms with E-state index in [1.807, 2.05) is 12.1 Å². The van der Waals surface area contributed by atoms with Crippen LogP contribution in [0, 0.1) is 0 Å². The Morgan fingerprint density at radius 1 is 0.842 bits per heavy atom. The predicted octanol–water partition coefficient (Wildman–Crippen LogP) is 5.67. The van der Waals surface area contributed by atoms with Gasteiger partial charge in [0.05, 0.1) is 0 Å². The van der Waals surface area contributed by atoms with E-state index in [0.29, 0.717) is 0 Å². The molecule has 0 aromatic heterocycles. The third kappa shape index (κ3) is 3.09. The molecule has 0 aliphatic rings. The molecule has 0 aliphatic heterocycles. The fraction of sp³-hybridized carbons (Fsp3) is 0.444. The molecule has 0 amide bonds. The van der Waals surface area contributed by atoms with E-state index >= 15 is 0 Å². The van der Waals surface area contributed by atoms with Gasteiger partial charge in [0.15, 0.2) is 5.75 Å². The minimum atomic E-state index is 0.150. The van der Waals surface area contributed by atoms with Crippen LogP contribution >= 0.6 is 0 Å². The summed E-state index contributed by atoms with van der Waals surface area (Å²) in [5.41, 5.74) is 2.85. The summed E-state index contributed by atoms with van der Waals surface area (Å²) in [5.74, 6) is 0.150. The van der Waals surface area contributed by atoms with Gasteiger partial charge in [-0.25, -0.2) is 0 Å². The summed E-state index contributed by atoms with van der Waals surface area (Å²) in [5, 5.41) is 14.0. The second-order valence-corrected chi connectivity index (χ2v) is 5.26. The highest BCUT2D eigenvalue weighted by atomic mass is 16.3. The van der Waals surface area contributed by atoms with Crippen molar-refractivity contribution in [3.05, 3.63) is 41.5 Å². The van der Waals surface area contributed by atoms with Crippen LogP contribution in [0.1, 0.15) is 50.7 Å². The summed E-state index contributed by atoms with van der Waals surface area (Å²) >= 11 is 0. The van der Waals surface area contributed by atoms with Gasteiger partial charge in [-0.3, -0.25) is 5.11 Å². The number of fused-ring (bicyclic) bond motifs is 1. The van der Waals surface area contributed by atoms with Gasteiger partial charge in [0.25, 0.3) is 0 Å². The van der Waals surface area contributed by atoms with Crippen molar-refractivity contribution in [1.29, 1.82) is 0 Å². The molecule has 0 saturated carbocycles. The zero-order chi connectivity index (χ0) is 13.7. The number of unbranched alkanes of at least 4 members (excludes halogenated alkanes) is 2. The van der Waals surface area contributed by atoms with Gasteiger partial charge in [0, 0.05) is 5.39 Å². The summed E-state index contributed by atoms with van der Waals surface area (Å²) in [7, 11) is 0. The lowest BCUT2D eigenvalue weighted by Gasteiger charge is -2.13. The Morgan fingerprint density at radius 2 is 1.58 bits per heavy atom. The largest absolute Gasteiger partial charge is 0.289 e. The maximum absolute atomic E-state index is 11.9. The Hall–Kier alpha value is -1.50. The molecular formula is C18H23O. The first-order valence-electron chi connectivity index (χ1n) is 7.48. The predicted molar refractivity (Wildman–Crippen MR) is 81.3 cm³/mol. The maximum atomic E-state index is 11.9. The smallest absolute Gasteiger partial charge is 0.186 e. The van der Waals surface area contributed by atoms with Crippen LogP contribution in [0.2, 0.25) is 0 Å². The van der Waals surface area contributed by atoms with E-state index in [2.05, 4.69) is 26.0 Å². The van der Waals surface area contributed by atoms with E-state index < -0.39 is 0 Å². The summed E-state index contributed by atoms with van der Waals surface area (Å²) in [6.07, 6.45) is 7.06. The van der Waals surface area contributed by atoms with E-state index in [1.54, 1.807) is 6.07 Å². The highest BCUT2D eigenvalue weighted by molar-refractivity contribution is 5.91. The van der Waals surface area contributed by atoms with Gasteiger partial charge in [-0.1, -0.05) is 51.0 Å². The van der Waals surface area contributed by atoms with Crippen molar-refractivity contribution >= 4 is 10.8 Å². The maximum Gasteiger partial charge on any atom is 0.186 e. The van der Waals surface area contributed by atoms with Crippen LogP contribution in [0.25, 0.3) is 10.8 Å². The Balaban J connectivity index is 2.49. The van der Waals surface area contributed by atoms with Gasteiger partial charge in [-0.05, 0) is 48.3 Å². The molecule has 0 bridgehead atoms. The standard InChI is InChI=1S/C18H23O/c1-3-5-8-14-12-13-17-16(10-7-11-18(17)19)15(14)9-6-4-2/h7,10-13H,3-6,8-9H2,1-2H3. The first-order valence-corrected chi connectivity index (χ1v) is 7.48. The first kappa shape index (κ1) is 13.9. The highest BCUT2D eigenvalue weighted by Gasteiger charge is 2.10. The number of hydrogen-bond donors (Lipinski definition) is 0. The number of hydrogen-bond acceptors (Lipinski definition) is 0. The van der Waals surface area contributed by atoms with Crippen LogP contribution < -0.4 is 0 Å². The topological polar surface area (TPSA) is 19.9 Å². The SMILES string of the molecule is CCCCc1ccc2c([O])cccc2c1CCCC.